The fourth-order valence-corrected chi connectivity index (χ4v) is 3.56. The molecule has 0 unspecified atom stereocenters. The summed E-state index contributed by atoms with van der Waals surface area (Å²) in [6, 6.07) is 5.24. The van der Waals surface area contributed by atoms with Crippen LogP contribution in [-0.4, -0.2) is 30.0 Å². The van der Waals surface area contributed by atoms with E-state index in [0.717, 1.165) is 40.2 Å². The van der Waals surface area contributed by atoms with Crippen molar-refractivity contribution in [3.63, 3.8) is 0 Å². The lowest BCUT2D eigenvalue weighted by Crippen LogP contribution is -2.45. The summed E-state index contributed by atoms with van der Waals surface area (Å²) in [5.41, 5.74) is 1.96. The third-order valence-electron chi connectivity index (χ3n) is 4.60. The molecule has 5 nitrogen and oxygen atoms in total. The molecular weight excluding hydrogens is 384 g/mol. The molecule has 1 amide bonds. The Hall–Kier alpha value is -2.08. The van der Waals surface area contributed by atoms with Crippen molar-refractivity contribution in [2.45, 2.75) is 31.7 Å². The Bertz CT molecular complexity index is 812. The quantitative estimate of drug-likeness (QED) is 0.591. The molecule has 0 aliphatic heterocycles. The molecule has 2 aromatic rings. The second-order valence-corrected chi connectivity index (χ2v) is 7.19. The van der Waals surface area contributed by atoms with E-state index >= 15 is 0 Å². The lowest BCUT2D eigenvalue weighted by molar-refractivity contribution is -0.145. The molecular formula is C19H21BrN2O3. The smallest absolute Gasteiger partial charge is 0.328 e. The van der Waals surface area contributed by atoms with E-state index in [4.69, 9.17) is 4.74 Å². The van der Waals surface area contributed by atoms with Crippen molar-refractivity contribution in [2.75, 3.05) is 7.11 Å². The molecule has 0 spiro atoms. The van der Waals surface area contributed by atoms with Crippen molar-refractivity contribution in [3.05, 3.63) is 46.6 Å². The first-order valence-corrected chi connectivity index (χ1v) is 9.16. The Morgan fingerprint density at radius 1 is 1.40 bits per heavy atom. The summed E-state index contributed by atoms with van der Waals surface area (Å²) in [5.74, 6) is -0.584. The van der Waals surface area contributed by atoms with Crippen LogP contribution in [0.3, 0.4) is 0 Å². The van der Waals surface area contributed by atoms with Crippen molar-refractivity contribution < 1.29 is 14.3 Å². The minimum Gasteiger partial charge on any atom is -0.467 e. The Kier molecular flexibility index (Phi) is 5.58. The molecule has 1 aromatic heterocycles. The van der Waals surface area contributed by atoms with E-state index < -0.39 is 12.0 Å². The number of H-pyrrole nitrogens is 1. The Morgan fingerprint density at radius 3 is 2.96 bits per heavy atom. The van der Waals surface area contributed by atoms with E-state index in [9.17, 15) is 9.59 Å². The van der Waals surface area contributed by atoms with E-state index in [0.29, 0.717) is 6.42 Å². The zero-order chi connectivity index (χ0) is 17.8. The van der Waals surface area contributed by atoms with Gasteiger partial charge in [0.25, 0.3) is 0 Å². The highest BCUT2D eigenvalue weighted by Crippen LogP contribution is 2.24. The molecule has 0 saturated carbocycles. The molecule has 25 heavy (non-hydrogen) atoms. The first kappa shape index (κ1) is 17.7. The summed E-state index contributed by atoms with van der Waals surface area (Å²) in [5, 5.41) is 3.91. The maximum Gasteiger partial charge on any atom is 0.328 e. The summed E-state index contributed by atoms with van der Waals surface area (Å²) in [6.45, 7) is 0. The predicted octanol–water partition coefficient (Wildman–Crippen LogP) is 3.49. The van der Waals surface area contributed by atoms with E-state index in [1.807, 2.05) is 30.5 Å². The van der Waals surface area contributed by atoms with Gasteiger partial charge in [0.05, 0.1) is 7.11 Å². The number of aromatic amines is 1. The van der Waals surface area contributed by atoms with Gasteiger partial charge in [0.15, 0.2) is 0 Å². The molecule has 0 bridgehead atoms. The summed E-state index contributed by atoms with van der Waals surface area (Å²) < 4.78 is 5.86. The SMILES string of the molecule is COC(=O)[C@@H](Cc1c[nH]c2ccc(Br)cc12)NC(=O)[C@@H]1CC=CCC1. The number of hydrogen-bond acceptors (Lipinski definition) is 3. The maximum absolute atomic E-state index is 12.5. The van der Waals surface area contributed by atoms with Crippen LogP contribution in [0.25, 0.3) is 10.9 Å². The Morgan fingerprint density at radius 2 is 2.24 bits per heavy atom. The molecule has 2 N–H and O–H groups in total. The topological polar surface area (TPSA) is 71.2 Å². The largest absolute Gasteiger partial charge is 0.467 e. The number of ether oxygens (including phenoxy) is 1. The lowest BCUT2D eigenvalue weighted by atomic mass is 9.93. The first-order chi connectivity index (χ1) is 12.1. The molecule has 1 aromatic carbocycles. The zero-order valence-corrected chi connectivity index (χ0v) is 15.6. The Labute approximate surface area is 154 Å². The number of aromatic nitrogens is 1. The predicted molar refractivity (Wildman–Crippen MR) is 100 cm³/mol. The van der Waals surface area contributed by atoms with Crippen LogP contribution < -0.4 is 5.32 Å². The number of carbonyl (C=O) groups is 2. The minimum absolute atomic E-state index is 0.0748. The van der Waals surface area contributed by atoms with Crippen molar-refractivity contribution in [1.29, 1.82) is 0 Å². The summed E-state index contributed by atoms with van der Waals surface area (Å²) in [4.78, 5) is 27.9. The molecule has 3 rings (SSSR count). The van der Waals surface area contributed by atoms with Gasteiger partial charge < -0.3 is 15.0 Å². The normalized spacial score (nSPS) is 18.1. The van der Waals surface area contributed by atoms with Crippen LogP contribution in [0.2, 0.25) is 0 Å². The van der Waals surface area contributed by atoms with Crippen LogP contribution in [0, 0.1) is 5.92 Å². The molecule has 0 fully saturated rings. The number of methoxy groups -OCH3 is 1. The van der Waals surface area contributed by atoms with Crippen molar-refractivity contribution in [3.8, 4) is 0 Å². The van der Waals surface area contributed by atoms with Gasteiger partial charge in [-0.15, -0.1) is 0 Å². The van der Waals surface area contributed by atoms with Gasteiger partial charge in [-0.1, -0.05) is 28.1 Å². The van der Waals surface area contributed by atoms with Crippen LogP contribution in [-0.2, 0) is 20.7 Å². The summed E-state index contributed by atoms with van der Waals surface area (Å²) >= 11 is 3.47. The summed E-state index contributed by atoms with van der Waals surface area (Å²) in [7, 11) is 1.34. The fraction of sp³-hybridized carbons (Fsp3) is 0.368. The number of fused-ring (bicyclic) bond motifs is 1. The second kappa shape index (κ2) is 7.87. The number of allylic oxidation sites excluding steroid dienone is 2. The molecule has 0 saturated heterocycles. The number of esters is 1. The van der Waals surface area contributed by atoms with Crippen LogP contribution in [0.15, 0.2) is 41.0 Å². The van der Waals surface area contributed by atoms with Crippen LogP contribution >= 0.6 is 15.9 Å². The number of halogens is 1. The van der Waals surface area contributed by atoms with Crippen LogP contribution in [0.4, 0.5) is 0 Å². The molecule has 1 aliphatic rings. The fourth-order valence-electron chi connectivity index (χ4n) is 3.20. The van der Waals surface area contributed by atoms with E-state index in [1.165, 1.54) is 7.11 Å². The van der Waals surface area contributed by atoms with Crippen molar-refractivity contribution in [2.24, 2.45) is 5.92 Å². The van der Waals surface area contributed by atoms with E-state index in [-0.39, 0.29) is 11.8 Å². The standard InChI is InChI=1S/C19H21BrN2O3/c1-25-19(24)17(22-18(23)12-5-3-2-4-6-12)9-13-11-21-16-8-7-14(20)10-15(13)16/h2-3,7-8,10-12,17,21H,4-6,9H2,1H3,(H,22,23)/t12-,17-/m1/s1. The summed E-state index contributed by atoms with van der Waals surface area (Å²) in [6.07, 6.45) is 8.82. The third kappa shape index (κ3) is 4.12. The van der Waals surface area contributed by atoms with E-state index in [2.05, 4.69) is 32.3 Å². The maximum atomic E-state index is 12.5. The monoisotopic (exact) mass is 404 g/mol. The van der Waals surface area contributed by atoms with Crippen molar-refractivity contribution >= 4 is 38.7 Å². The van der Waals surface area contributed by atoms with Gasteiger partial charge in [-0.05, 0) is 43.0 Å². The minimum atomic E-state index is -0.693. The number of rotatable bonds is 5. The van der Waals surface area contributed by atoms with Gasteiger partial charge in [-0.2, -0.15) is 0 Å². The molecule has 6 heteroatoms. The average molecular weight is 405 g/mol. The van der Waals surface area contributed by atoms with Gasteiger partial charge in [0.1, 0.15) is 6.04 Å². The Balaban J connectivity index is 1.78. The first-order valence-electron chi connectivity index (χ1n) is 8.37. The molecule has 2 atom stereocenters. The van der Waals surface area contributed by atoms with Crippen molar-refractivity contribution in [1.82, 2.24) is 10.3 Å². The highest BCUT2D eigenvalue weighted by Gasteiger charge is 2.27. The van der Waals surface area contributed by atoms with Crippen LogP contribution in [0.1, 0.15) is 24.8 Å². The number of hydrogen-bond donors (Lipinski definition) is 2. The van der Waals surface area contributed by atoms with Crippen LogP contribution in [0.5, 0.6) is 0 Å². The average Bonchev–Trinajstić information content (AvgIpc) is 3.03. The highest BCUT2D eigenvalue weighted by atomic mass is 79.9. The number of amides is 1. The third-order valence-corrected chi connectivity index (χ3v) is 5.09. The second-order valence-electron chi connectivity index (χ2n) is 6.27. The highest BCUT2D eigenvalue weighted by molar-refractivity contribution is 9.10. The molecule has 1 heterocycles. The number of benzene rings is 1. The molecule has 0 radical (unpaired) electrons. The molecule has 1 aliphatic carbocycles. The number of carbonyl (C=O) groups excluding carboxylic acids is 2. The van der Waals surface area contributed by atoms with E-state index in [1.54, 1.807) is 0 Å². The van der Waals surface area contributed by atoms with Gasteiger partial charge in [-0.3, -0.25) is 4.79 Å². The molecule has 132 valence electrons. The van der Waals surface area contributed by atoms with Gasteiger partial charge in [0, 0.05) is 33.9 Å². The zero-order valence-electron chi connectivity index (χ0n) is 14.0. The van der Waals surface area contributed by atoms with Gasteiger partial charge in [0.2, 0.25) is 5.91 Å². The van der Waals surface area contributed by atoms with Gasteiger partial charge >= 0.3 is 5.97 Å². The lowest BCUT2D eigenvalue weighted by Gasteiger charge is -2.21. The van der Waals surface area contributed by atoms with Gasteiger partial charge in [-0.25, -0.2) is 4.79 Å². The number of nitrogens with one attached hydrogen (secondary N) is 2.